The lowest BCUT2D eigenvalue weighted by molar-refractivity contribution is -0.126. The fourth-order valence-electron chi connectivity index (χ4n) is 2.98. The van der Waals surface area contributed by atoms with E-state index in [0.717, 1.165) is 31.2 Å². The maximum Gasteiger partial charge on any atom is 0.257 e. The fraction of sp³-hybridized carbons (Fsp3) is 0.471. The van der Waals surface area contributed by atoms with Gasteiger partial charge in [-0.1, -0.05) is 23.2 Å². The van der Waals surface area contributed by atoms with Gasteiger partial charge in [0.05, 0.1) is 6.04 Å². The lowest BCUT2D eigenvalue weighted by Crippen LogP contribution is -2.38. The topological polar surface area (TPSA) is 94.0 Å². The Morgan fingerprint density at radius 2 is 2.12 bits per heavy atom. The van der Waals surface area contributed by atoms with Crippen LogP contribution >= 0.6 is 11.6 Å². The summed E-state index contributed by atoms with van der Waals surface area (Å²) in [7, 11) is 0. The molecule has 6 nitrogen and oxygen atoms in total. The Morgan fingerprint density at radius 1 is 1.38 bits per heavy atom. The summed E-state index contributed by atoms with van der Waals surface area (Å²) < 4.78 is 5.28. The molecule has 128 valence electrons. The number of amides is 1. The third-order valence-electron chi connectivity index (χ3n) is 4.36. The first kappa shape index (κ1) is 16.9. The van der Waals surface area contributed by atoms with Gasteiger partial charge >= 0.3 is 0 Å². The van der Waals surface area contributed by atoms with Gasteiger partial charge in [-0.25, -0.2) is 0 Å². The summed E-state index contributed by atoms with van der Waals surface area (Å²) >= 11 is 5.87. The second kappa shape index (κ2) is 7.32. The van der Waals surface area contributed by atoms with E-state index in [4.69, 9.17) is 21.9 Å². The molecular weight excluding hydrogens is 328 g/mol. The Balaban J connectivity index is 1.64. The van der Waals surface area contributed by atoms with E-state index in [2.05, 4.69) is 15.5 Å². The van der Waals surface area contributed by atoms with Crippen LogP contribution in [0.5, 0.6) is 0 Å². The van der Waals surface area contributed by atoms with Gasteiger partial charge in [-0.3, -0.25) is 4.79 Å². The van der Waals surface area contributed by atoms with Crippen LogP contribution in [0.2, 0.25) is 5.02 Å². The summed E-state index contributed by atoms with van der Waals surface area (Å²) in [6.07, 6.45) is 3.61. The van der Waals surface area contributed by atoms with Crippen LogP contribution in [0.3, 0.4) is 0 Å². The lowest BCUT2D eigenvalue weighted by atomic mass is 9.85. The molecule has 0 aliphatic heterocycles. The van der Waals surface area contributed by atoms with Gasteiger partial charge in [0.25, 0.3) is 5.89 Å². The third-order valence-corrected chi connectivity index (χ3v) is 4.62. The maximum absolute atomic E-state index is 12.4. The molecule has 1 fully saturated rings. The molecule has 1 aliphatic carbocycles. The van der Waals surface area contributed by atoms with Gasteiger partial charge in [-0.2, -0.15) is 4.98 Å². The maximum atomic E-state index is 12.4. The van der Waals surface area contributed by atoms with Crippen molar-refractivity contribution in [3.8, 4) is 11.5 Å². The molecular formula is C17H21ClN4O2. The number of hydrogen-bond donors (Lipinski definition) is 2. The number of rotatable bonds is 4. The number of aromatic nitrogens is 2. The molecule has 1 aromatic heterocycles. The SMILES string of the molecule is CC(NC(=O)C1CCCC(N)C1)c1noc(-c2ccc(Cl)cc2)n1. The summed E-state index contributed by atoms with van der Waals surface area (Å²) in [5.41, 5.74) is 6.74. The molecule has 3 unspecified atom stereocenters. The van der Waals surface area contributed by atoms with Gasteiger partial charge in [-0.15, -0.1) is 0 Å². The Hall–Kier alpha value is -1.92. The molecule has 1 heterocycles. The number of nitrogens with zero attached hydrogens (tertiary/aromatic N) is 2. The second-order valence-corrected chi connectivity index (χ2v) is 6.75. The average molecular weight is 349 g/mol. The van der Waals surface area contributed by atoms with E-state index in [1.165, 1.54) is 0 Å². The number of carbonyl (C=O) groups is 1. The van der Waals surface area contributed by atoms with Crippen LogP contribution in [-0.2, 0) is 4.79 Å². The highest BCUT2D eigenvalue weighted by molar-refractivity contribution is 6.30. The summed E-state index contributed by atoms with van der Waals surface area (Å²) in [6, 6.07) is 6.95. The molecule has 24 heavy (non-hydrogen) atoms. The zero-order chi connectivity index (χ0) is 17.1. The predicted molar refractivity (Wildman–Crippen MR) is 91.2 cm³/mol. The first-order valence-corrected chi connectivity index (χ1v) is 8.56. The molecule has 0 spiro atoms. The van der Waals surface area contributed by atoms with Crippen LogP contribution in [0.1, 0.15) is 44.5 Å². The second-order valence-electron chi connectivity index (χ2n) is 6.32. The van der Waals surface area contributed by atoms with Crippen molar-refractivity contribution in [2.24, 2.45) is 11.7 Å². The van der Waals surface area contributed by atoms with Crippen LogP contribution in [0.4, 0.5) is 0 Å². The molecule has 1 aliphatic rings. The molecule has 1 saturated carbocycles. The number of benzene rings is 1. The summed E-state index contributed by atoms with van der Waals surface area (Å²) in [5.74, 6) is 0.838. The van der Waals surface area contributed by atoms with Crippen molar-refractivity contribution in [2.45, 2.75) is 44.7 Å². The smallest absolute Gasteiger partial charge is 0.257 e. The van der Waals surface area contributed by atoms with E-state index in [1.54, 1.807) is 12.1 Å². The van der Waals surface area contributed by atoms with Crippen molar-refractivity contribution >= 4 is 17.5 Å². The molecule has 0 bridgehead atoms. The van der Waals surface area contributed by atoms with Crippen LogP contribution in [-0.4, -0.2) is 22.1 Å². The van der Waals surface area contributed by atoms with E-state index in [0.29, 0.717) is 16.7 Å². The molecule has 0 saturated heterocycles. The first-order valence-electron chi connectivity index (χ1n) is 8.18. The van der Waals surface area contributed by atoms with Crippen molar-refractivity contribution < 1.29 is 9.32 Å². The molecule has 3 N–H and O–H groups in total. The third kappa shape index (κ3) is 3.94. The molecule has 3 atom stereocenters. The van der Waals surface area contributed by atoms with Crippen molar-refractivity contribution in [1.82, 2.24) is 15.5 Å². The summed E-state index contributed by atoms with van der Waals surface area (Å²) in [4.78, 5) is 16.7. The lowest BCUT2D eigenvalue weighted by Gasteiger charge is -2.26. The molecule has 1 aromatic carbocycles. The number of halogens is 1. The van der Waals surface area contributed by atoms with Gasteiger partial charge in [-0.05, 0) is 50.5 Å². The number of nitrogens with one attached hydrogen (secondary N) is 1. The molecule has 1 amide bonds. The van der Waals surface area contributed by atoms with Crippen molar-refractivity contribution in [1.29, 1.82) is 0 Å². The van der Waals surface area contributed by atoms with Crippen LogP contribution < -0.4 is 11.1 Å². The Bertz CT molecular complexity index is 701. The van der Waals surface area contributed by atoms with Crippen LogP contribution in [0.25, 0.3) is 11.5 Å². The Labute approximate surface area is 145 Å². The minimum atomic E-state index is -0.319. The normalized spacial score (nSPS) is 22.1. The average Bonchev–Trinajstić information content (AvgIpc) is 3.05. The van der Waals surface area contributed by atoms with Crippen molar-refractivity contribution in [3.05, 3.63) is 35.1 Å². The quantitative estimate of drug-likeness (QED) is 0.885. The standard InChI is InChI=1S/C17H21ClN4O2/c1-10(20-16(23)12-3-2-4-14(19)9-12)15-21-17(24-22-15)11-5-7-13(18)8-6-11/h5-8,10,12,14H,2-4,9,19H2,1H3,(H,20,23). The van der Waals surface area contributed by atoms with E-state index in [9.17, 15) is 4.79 Å². The van der Waals surface area contributed by atoms with Crippen LogP contribution in [0.15, 0.2) is 28.8 Å². The summed E-state index contributed by atoms with van der Waals surface area (Å²) in [5, 5.41) is 7.57. The highest BCUT2D eigenvalue weighted by atomic mass is 35.5. The van der Waals surface area contributed by atoms with Gasteiger partial charge in [0.2, 0.25) is 5.91 Å². The van der Waals surface area contributed by atoms with Crippen LogP contribution in [0, 0.1) is 5.92 Å². The molecule has 3 rings (SSSR count). The molecule has 7 heteroatoms. The highest BCUT2D eigenvalue weighted by Crippen LogP contribution is 2.25. The molecule has 2 aromatic rings. The minimum absolute atomic E-state index is 0.00972. The zero-order valence-corrected chi connectivity index (χ0v) is 14.3. The van der Waals surface area contributed by atoms with Gasteiger partial charge < -0.3 is 15.6 Å². The van der Waals surface area contributed by atoms with Crippen molar-refractivity contribution in [2.75, 3.05) is 0 Å². The minimum Gasteiger partial charge on any atom is -0.346 e. The van der Waals surface area contributed by atoms with Crippen molar-refractivity contribution in [3.63, 3.8) is 0 Å². The molecule has 0 radical (unpaired) electrons. The Morgan fingerprint density at radius 3 is 2.83 bits per heavy atom. The fourth-order valence-corrected chi connectivity index (χ4v) is 3.11. The first-order chi connectivity index (χ1) is 11.5. The monoisotopic (exact) mass is 348 g/mol. The zero-order valence-electron chi connectivity index (χ0n) is 13.5. The van der Waals surface area contributed by atoms with Gasteiger partial charge in [0.15, 0.2) is 5.82 Å². The predicted octanol–water partition coefficient (Wildman–Crippen LogP) is 3.08. The Kier molecular flexibility index (Phi) is 5.16. The number of hydrogen-bond acceptors (Lipinski definition) is 5. The summed E-state index contributed by atoms with van der Waals surface area (Å²) in [6.45, 7) is 1.84. The van der Waals surface area contributed by atoms with E-state index >= 15 is 0 Å². The highest BCUT2D eigenvalue weighted by Gasteiger charge is 2.27. The number of carbonyl (C=O) groups excluding carboxylic acids is 1. The van der Waals surface area contributed by atoms with Gasteiger partial charge in [0, 0.05) is 22.5 Å². The van der Waals surface area contributed by atoms with E-state index in [-0.39, 0.29) is 23.9 Å². The van der Waals surface area contributed by atoms with E-state index < -0.39 is 0 Å². The van der Waals surface area contributed by atoms with E-state index in [1.807, 2.05) is 19.1 Å². The largest absolute Gasteiger partial charge is 0.346 e. The number of nitrogens with two attached hydrogens (primary N) is 1. The van der Waals surface area contributed by atoms with Gasteiger partial charge in [0.1, 0.15) is 0 Å².